The second-order valence-electron chi connectivity index (χ2n) is 8.63. The number of benzene rings is 3. The van der Waals surface area contributed by atoms with Crippen molar-refractivity contribution in [1.29, 1.82) is 0 Å². The van der Waals surface area contributed by atoms with Crippen LogP contribution in [0.15, 0.2) is 66.7 Å². The topological polar surface area (TPSA) is 9.23 Å². The number of hydrogen-bond acceptors (Lipinski definition) is 1. The Morgan fingerprint density at radius 3 is 2.06 bits per heavy atom. The second kappa shape index (κ2) is 10.3. The summed E-state index contributed by atoms with van der Waals surface area (Å²) < 4.78 is 48.9. The van der Waals surface area contributed by atoms with Gasteiger partial charge in [-0.25, -0.2) is 8.78 Å². The van der Waals surface area contributed by atoms with Crippen LogP contribution in [0, 0.1) is 23.4 Å². The fourth-order valence-electron chi connectivity index (χ4n) is 4.79. The van der Waals surface area contributed by atoms with Crippen molar-refractivity contribution in [3.05, 3.63) is 89.8 Å². The normalized spacial score (nSPS) is 18.6. The molecule has 1 saturated carbocycles. The summed E-state index contributed by atoms with van der Waals surface area (Å²) in [6, 6.07) is 15.3. The predicted octanol–water partition coefficient (Wildman–Crippen LogP) is 8.69. The highest BCUT2D eigenvalue weighted by atomic mass is 19.2. The Labute approximate surface area is 193 Å². The zero-order valence-electron chi connectivity index (χ0n) is 19.1. The summed E-state index contributed by atoms with van der Waals surface area (Å²) in [6.07, 6.45) is 8.83. The van der Waals surface area contributed by atoms with Gasteiger partial charge in [-0.2, -0.15) is 4.39 Å². The highest BCUT2D eigenvalue weighted by Gasteiger charge is 2.22. The van der Waals surface area contributed by atoms with Gasteiger partial charge in [0.15, 0.2) is 11.6 Å². The summed E-state index contributed by atoms with van der Waals surface area (Å²) in [6.45, 7) is 4.02. The molecule has 0 heterocycles. The average molecular weight is 451 g/mol. The molecule has 33 heavy (non-hydrogen) atoms. The molecular formula is C29H29F3O. The summed E-state index contributed by atoms with van der Waals surface area (Å²) in [4.78, 5) is 0. The van der Waals surface area contributed by atoms with Gasteiger partial charge in [-0.05, 0) is 86.3 Å². The van der Waals surface area contributed by atoms with E-state index < -0.39 is 11.6 Å². The molecule has 172 valence electrons. The molecule has 4 heteroatoms. The molecule has 3 aromatic rings. The summed E-state index contributed by atoms with van der Waals surface area (Å²) in [5.41, 5.74) is 2.93. The Morgan fingerprint density at radius 1 is 0.818 bits per heavy atom. The molecule has 0 atom stereocenters. The van der Waals surface area contributed by atoms with Crippen LogP contribution < -0.4 is 4.74 Å². The molecule has 1 aliphatic rings. The van der Waals surface area contributed by atoms with Gasteiger partial charge in [-0.3, -0.25) is 0 Å². The Hall–Kier alpha value is -3.01. The lowest BCUT2D eigenvalue weighted by Gasteiger charge is -2.27. The van der Waals surface area contributed by atoms with Crippen molar-refractivity contribution >= 4 is 0 Å². The minimum absolute atomic E-state index is 0.104. The van der Waals surface area contributed by atoms with Crippen molar-refractivity contribution < 1.29 is 17.9 Å². The molecule has 0 saturated heterocycles. The summed E-state index contributed by atoms with van der Waals surface area (Å²) in [7, 11) is 0. The van der Waals surface area contributed by atoms with Gasteiger partial charge in [0.25, 0.3) is 0 Å². The molecule has 0 N–H and O–H groups in total. The molecule has 1 aliphatic carbocycles. The van der Waals surface area contributed by atoms with Gasteiger partial charge in [0, 0.05) is 11.1 Å². The van der Waals surface area contributed by atoms with Gasteiger partial charge in [-0.1, -0.05) is 48.6 Å². The molecule has 0 unspecified atom stereocenters. The molecule has 1 fully saturated rings. The first kappa shape index (κ1) is 23.2. The summed E-state index contributed by atoms with van der Waals surface area (Å²) in [5.74, 6) is -1.27. The van der Waals surface area contributed by atoms with Crippen LogP contribution in [0.3, 0.4) is 0 Å². The van der Waals surface area contributed by atoms with Crippen LogP contribution in [0.25, 0.3) is 22.3 Å². The Bertz CT molecular complexity index is 1130. The van der Waals surface area contributed by atoms with Gasteiger partial charge in [0.2, 0.25) is 5.82 Å². The van der Waals surface area contributed by atoms with Gasteiger partial charge >= 0.3 is 0 Å². The van der Waals surface area contributed by atoms with Crippen molar-refractivity contribution in [2.75, 3.05) is 6.61 Å². The quantitative estimate of drug-likeness (QED) is 0.341. The lowest BCUT2D eigenvalue weighted by molar-refractivity contribution is 0.314. The van der Waals surface area contributed by atoms with E-state index in [2.05, 4.69) is 19.1 Å². The van der Waals surface area contributed by atoms with Crippen LogP contribution in [0.5, 0.6) is 5.75 Å². The first-order chi connectivity index (χ1) is 16.0. The monoisotopic (exact) mass is 450 g/mol. The molecular weight excluding hydrogens is 421 g/mol. The third kappa shape index (κ3) is 5.00. The van der Waals surface area contributed by atoms with Crippen LogP contribution in [0.4, 0.5) is 13.2 Å². The average Bonchev–Trinajstić information content (AvgIpc) is 2.83. The highest BCUT2D eigenvalue weighted by Crippen LogP contribution is 2.38. The lowest BCUT2D eigenvalue weighted by atomic mass is 9.78. The van der Waals surface area contributed by atoms with E-state index in [0.717, 1.165) is 31.2 Å². The van der Waals surface area contributed by atoms with E-state index in [1.54, 1.807) is 37.3 Å². The standard InChI is InChI=1S/C29H29F3O/c1-3-5-19-6-8-20(9-7-19)23-14-15-24(26(30)18-23)21-10-12-22(13-11-21)25-16-17-27(33-4-2)29(32)28(25)31/h3,5,10-20H,4,6-9H2,1-2H3. The van der Waals surface area contributed by atoms with Crippen LogP contribution in [0.2, 0.25) is 0 Å². The minimum atomic E-state index is -1.00. The van der Waals surface area contributed by atoms with Crippen molar-refractivity contribution in [2.24, 2.45) is 5.92 Å². The Morgan fingerprint density at radius 2 is 1.45 bits per heavy atom. The smallest absolute Gasteiger partial charge is 0.201 e. The van der Waals surface area contributed by atoms with E-state index in [-0.39, 0.29) is 23.7 Å². The van der Waals surface area contributed by atoms with E-state index >= 15 is 4.39 Å². The number of halogens is 3. The molecule has 0 spiro atoms. The zero-order valence-corrected chi connectivity index (χ0v) is 19.1. The fraction of sp³-hybridized carbons (Fsp3) is 0.310. The third-order valence-electron chi connectivity index (χ3n) is 6.55. The number of ether oxygens (including phenoxy) is 1. The van der Waals surface area contributed by atoms with E-state index in [4.69, 9.17) is 4.74 Å². The van der Waals surface area contributed by atoms with Gasteiger partial charge < -0.3 is 4.74 Å². The predicted molar refractivity (Wildman–Crippen MR) is 128 cm³/mol. The SMILES string of the molecule is CC=CC1CCC(c2ccc(-c3ccc(-c4ccc(OCC)c(F)c4F)cc3)c(F)c2)CC1. The number of allylic oxidation sites excluding steroid dienone is 2. The largest absolute Gasteiger partial charge is 0.491 e. The first-order valence-electron chi connectivity index (χ1n) is 11.7. The molecule has 0 bridgehead atoms. The van der Waals surface area contributed by atoms with E-state index in [0.29, 0.717) is 28.5 Å². The molecule has 1 nitrogen and oxygen atoms in total. The molecule has 3 aromatic carbocycles. The van der Waals surface area contributed by atoms with E-state index in [9.17, 15) is 8.78 Å². The molecule has 4 rings (SSSR count). The van der Waals surface area contributed by atoms with E-state index in [1.165, 1.54) is 12.1 Å². The number of hydrogen-bond donors (Lipinski definition) is 0. The second-order valence-corrected chi connectivity index (χ2v) is 8.63. The van der Waals surface area contributed by atoms with Gasteiger partial charge in [-0.15, -0.1) is 0 Å². The maximum atomic E-state index is 15.0. The van der Waals surface area contributed by atoms with Crippen molar-refractivity contribution in [1.82, 2.24) is 0 Å². The van der Waals surface area contributed by atoms with Crippen LogP contribution >= 0.6 is 0 Å². The van der Waals surface area contributed by atoms with Crippen molar-refractivity contribution in [3.8, 4) is 28.0 Å². The molecule has 0 aliphatic heterocycles. The Balaban J connectivity index is 1.52. The maximum absolute atomic E-state index is 15.0. The van der Waals surface area contributed by atoms with Gasteiger partial charge in [0.05, 0.1) is 6.61 Å². The third-order valence-corrected chi connectivity index (χ3v) is 6.55. The van der Waals surface area contributed by atoms with Crippen molar-refractivity contribution in [2.45, 2.75) is 45.4 Å². The van der Waals surface area contributed by atoms with Crippen LogP contribution in [-0.2, 0) is 0 Å². The van der Waals surface area contributed by atoms with Crippen LogP contribution in [0.1, 0.15) is 51.0 Å². The first-order valence-corrected chi connectivity index (χ1v) is 11.7. The molecule has 0 aromatic heterocycles. The lowest BCUT2D eigenvalue weighted by Crippen LogP contribution is -2.12. The maximum Gasteiger partial charge on any atom is 0.201 e. The zero-order chi connectivity index (χ0) is 23.4. The molecule has 0 radical (unpaired) electrons. The minimum Gasteiger partial charge on any atom is -0.491 e. The summed E-state index contributed by atoms with van der Waals surface area (Å²) >= 11 is 0. The van der Waals surface area contributed by atoms with Gasteiger partial charge in [0.1, 0.15) is 5.82 Å². The Kier molecular flexibility index (Phi) is 7.22. The number of rotatable bonds is 6. The highest BCUT2D eigenvalue weighted by molar-refractivity contribution is 5.71. The van der Waals surface area contributed by atoms with Crippen molar-refractivity contribution in [3.63, 3.8) is 0 Å². The summed E-state index contributed by atoms with van der Waals surface area (Å²) in [5, 5.41) is 0. The van der Waals surface area contributed by atoms with Crippen LogP contribution in [-0.4, -0.2) is 6.61 Å². The van der Waals surface area contributed by atoms with E-state index in [1.807, 2.05) is 12.1 Å². The molecule has 0 amide bonds. The fourth-order valence-corrected chi connectivity index (χ4v) is 4.79.